The number of rotatable bonds is 5. The summed E-state index contributed by atoms with van der Waals surface area (Å²) in [4.78, 5) is 45.0. The fourth-order valence-corrected chi connectivity index (χ4v) is 3.90. The lowest BCUT2D eigenvalue weighted by Crippen LogP contribution is -2.77. The quantitative estimate of drug-likeness (QED) is 0.685. The molecular weight excluding hydrogens is 380 g/mol. The minimum Gasteiger partial charge on any atom is -0.447 e. The lowest BCUT2D eigenvalue weighted by Gasteiger charge is -2.53. The van der Waals surface area contributed by atoms with Crippen molar-refractivity contribution in [1.29, 1.82) is 0 Å². The molecule has 29 heavy (non-hydrogen) atoms. The van der Waals surface area contributed by atoms with E-state index in [-0.39, 0.29) is 19.0 Å². The van der Waals surface area contributed by atoms with Gasteiger partial charge in [0, 0.05) is 6.54 Å². The molecule has 10 nitrogen and oxygen atoms in total. The summed E-state index contributed by atoms with van der Waals surface area (Å²) in [5, 5.41) is 12.8. The van der Waals surface area contributed by atoms with E-state index >= 15 is 0 Å². The molecule has 1 aromatic rings. The minimum atomic E-state index is -1.09. The van der Waals surface area contributed by atoms with Crippen molar-refractivity contribution in [3.8, 4) is 0 Å². The van der Waals surface area contributed by atoms with E-state index in [1.54, 1.807) is 20.8 Å². The lowest BCUT2D eigenvalue weighted by molar-refractivity contribution is -0.171. The molecule has 1 spiro atoms. The zero-order valence-electron chi connectivity index (χ0n) is 17.2. The standard InChI is InChI=1S/C19H28N4O6/c1-12(24)14(15(25)21-10-13-20-7-9-28-13)22-11-19(16(22)26)6-5-8-23(19)17(27)29-18(2,3)4/h7,9,12,14,24H,5-6,8,10-11H2,1-4H3,(H,21,25)/t12-,14+,19?/m1/s1. The summed E-state index contributed by atoms with van der Waals surface area (Å²) in [5.74, 6) is -0.540. The summed E-state index contributed by atoms with van der Waals surface area (Å²) in [6.45, 7) is 7.40. The molecule has 2 aliphatic heterocycles. The number of amides is 3. The third kappa shape index (κ3) is 4.07. The van der Waals surface area contributed by atoms with E-state index in [1.165, 1.54) is 29.2 Å². The van der Waals surface area contributed by atoms with Crippen LogP contribution in [-0.2, 0) is 20.9 Å². The lowest BCUT2D eigenvalue weighted by atomic mass is 9.83. The van der Waals surface area contributed by atoms with Crippen molar-refractivity contribution in [3.63, 3.8) is 0 Å². The summed E-state index contributed by atoms with van der Waals surface area (Å²) in [7, 11) is 0. The van der Waals surface area contributed by atoms with Crippen molar-refractivity contribution < 1.29 is 28.6 Å². The van der Waals surface area contributed by atoms with Crippen LogP contribution in [-0.4, -0.2) is 74.2 Å². The summed E-state index contributed by atoms with van der Waals surface area (Å²) in [6, 6.07) is -1.07. The Morgan fingerprint density at radius 3 is 2.72 bits per heavy atom. The molecule has 1 unspecified atom stereocenters. The van der Waals surface area contributed by atoms with E-state index in [2.05, 4.69) is 10.3 Å². The Hall–Kier alpha value is -2.62. The smallest absolute Gasteiger partial charge is 0.411 e. The number of aromatic nitrogens is 1. The van der Waals surface area contributed by atoms with Gasteiger partial charge in [-0.3, -0.25) is 14.5 Å². The van der Waals surface area contributed by atoms with Crippen LogP contribution in [0, 0.1) is 0 Å². The number of likely N-dealkylation sites (tertiary alicyclic amines) is 2. The average Bonchev–Trinajstić information content (AvgIpc) is 3.28. The first-order chi connectivity index (χ1) is 13.5. The number of nitrogens with one attached hydrogen (secondary N) is 1. The van der Waals surface area contributed by atoms with Gasteiger partial charge in [-0.15, -0.1) is 0 Å². The first-order valence-electron chi connectivity index (χ1n) is 9.71. The molecule has 2 aliphatic rings. The molecule has 3 atom stereocenters. The van der Waals surface area contributed by atoms with E-state index in [9.17, 15) is 19.5 Å². The number of ether oxygens (including phenoxy) is 1. The summed E-state index contributed by atoms with van der Waals surface area (Å²) in [6.07, 6.45) is 2.41. The molecule has 2 N–H and O–H groups in total. The van der Waals surface area contributed by atoms with E-state index in [0.717, 1.165) is 0 Å². The molecule has 160 valence electrons. The maximum atomic E-state index is 13.1. The van der Waals surface area contributed by atoms with Gasteiger partial charge < -0.3 is 24.5 Å². The van der Waals surface area contributed by atoms with Crippen LogP contribution in [0.15, 0.2) is 16.9 Å². The zero-order chi connectivity index (χ0) is 21.4. The molecule has 3 heterocycles. The number of hydrogen-bond donors (Lipinski definition) is 2. The molecule has 10 heteroatoms. The molecule has 0 aromatic carbocycles. The number of nitrogens with zero attached hydrogens (tertiary/aromatic N) is 3. The van der Waals surface area contributed by atoms with Crippen LogP contribution in [0.1, 0.15) is 46.4 Å². The van der Waals surface area contributed by atoms with Crippen molar-refractivity contribution in [1.82, 2.24) is 20.1 Å². The maximum Gasteiger partial charge on any atom is 0.411 e. The average molecular weight is 408 g/mol. The Morgan fingerprint density at radius 2 is 2.17 bits per heavy atom. The number of hydrogen-bond acceptors (Lipinski definition) is 7. The Bertz CT molecular complexity index is 772. The van der Waals surface area contributed by atoms with E-state index in [1.807, 2.05) is 0 Å². The number of aliphatic hydroxyl groups excluding tert-OH is 1. The highest BCUT2D eigenvalue weighted by atomic mass is 16.6. The largest absolute Gasteiger partial charge is 0.447 e. The fraction of sp³-hybridized carbons (Fsp3) is 0.684. The summed E-state index contributed by atoms with van der Waals surface area (Å²) >= 11 is 0. The SMILES string of the molecule is C[C@@H](O)[C@@H](C(=O)NCc1ncco1)N1CC2(CCCN2C(=O)OC(C)(C)C)C1=O. The second kappa shape index (κ2) is 7.66. The zero-order valence-corrected chi connectivity index (χ0v) is 17.2. The molecular formula is C19H28N4O6. The third-order valence-corrected chi connectivity index (χ3v) is 5.15. The Balaban J connectivity index is 1.69. The molecule has 1 aromatic heterocycles. The molecule has 0 aliphatic carbocycles. The van der Waals surface area contributed by atoms with Crippen molar-refractivity contribution >= 4 is 17.9 Å². The molecule has 3 rings (SSSR count). The van der Waals surface area contributed by atoms with Gasteiger partial charge in [-0.25, -0.2) is 9.78 Å². The van der Waals surface area contributed by atoms with Gasteiger partial charge in [0.2, 0.25) is 11.8 Å². The fourth-order valence-electron chi connectivity index (χ4n) is 3.90. The molecule has 2 fully saturated rings. The van der Waals surface area contributed by atoms with E-state index in [0.29, 0.717) is 25.3 Å². The van der Waals surface area contributed by atoms with Crippen LogP contribution in [0.2, 0.25) is 0 Å². The number of carbonyl (C=O) groups excluding carboxylic acids is 3. The van der Waals surface area contributed by atoms with Crippen molar-refractivity contribution in [2.45, 2.75) is 70.4 Å². The van der Waals surface area contributed by atoms with Gasteiger partial charge in [-0.05, 0) is 40.5 Å². The van der Waals surface area contributed by atoms with Gasteiger partial charge >= 0.3 is 6.09 Å². The van der Waals surface area contributed by atoms with Crippen LogP contribution in [0.4, 0.5) is 4.79 Å². The van der Waals surface area contributed by atoms with Crippen LogP contribution in [0.5, 0.6) is 0 Å². The normalized spacial score (nSPS) is 23.7. The van der Waals surface area contributed by atoms with Crippen molar-refractivity contribution in [2.24, 2.45) is 0 Å². The van der Waals surface area contributed by atoms with Crippen molar-refractivity contribution in [2.75, 3.05) is 13.1 Å². The highest BCUT2D eigenvalue weighted by Crippen LogP contribution is 2.41. The molecule has 3 amide bonds. The Labute approximate surface area is 169 Å². The topological polar surface area (TPSA) is 125 Å². The van der Waals surface area contributed by atoms with Crippen LogP contribution in [0.3, 0.4) is 0 Å². The second-order valence-corrected chi connectivity index (χ2v) is 8.53. The molecule has 0 radical (unpaired) electrons. The van der Waals surface area contributed by atoms with E-state index < -0.39 is 35.3 Å². The summed E-state index contributed by atoms with van der Waals surface area (Å²) < 4.78 is 10.5. The Kier molecular flexibility index (Phi) is 5.57. The Morgan fingerprint density at radius 1 is 1.45 bits per heavy atom. The van der Waals surface area contributed by atoms with E-state index in [4.69, 9.17) is 9.15 Å². The van der Waals surface area contributed by atoms with Crippen LogP contribution < -0.4 is 5.32 Å². The van der Waals surface area contributed by atoms with Gasteiger partial charge in [-0.1, -0.05) is 0 Å². The molecule has 0 saturated carbocycles. The second-order valence-electron chi connectivity index (χ2n) is 8.53. The predicted molar refractivity (Wildman–Crippen MR) is 100 cm³/mol. The highest BCUT2D eigenvalue weighted by molar-refractivity contribution is 5.99. The monoisotopic (exact) mass is 408 g/mol. The first kappa shape index (κ1) is 21.1. The van der Waals surface area contributed by atoms with Crippen LogP contribution >= 0.6 is 0 Å². The predicted octanol–water partition coefficient (Wildman–Crippen LogP) is 0.652. The molecule has 0 bridgehead atoms. The highest BCUT2D eigenvalue weighted by Gasteiger charge is 2.62. The molecule has 2 saturated heterocycles. The minimum absolute atomic E-state index is 0.0479. The van der Waals surface area contributed by atoms with Gasteiger partial charge in [0.1, 0.15) is 23.4 Å². The number of carbonyl (C=O) groups is 3. The number of aliphatic hydroxyl groups is 1. The van der Waals surface area contributed by atoms with Gasteiger partial charge in [0.25, 0.3) is 5.91 Å². The van der Waals surface area contributed by atoms with Gasteiger partial charge in [0.15, 0.2) is 0 Å². The van der Waals surface area contributed by atoms with Crippen LogP contribution in [0.25, 0.3) is 0 Å². The summed E-state index contributed by atoms with van der Waals surface area (Å²) in [5.41, 5.74) is -1.67. The van der Waals surface area contributed by atoms with Crippen molar-refractivity contribution in [3.05, 3.63) is 18.4 Å². The first-order valence-corrected chi connectivity index (χ1v) is 9.71. The third-order valence-electron chi connectivity index (χ3n) is 5.15. The van der Waals surface area contributed by atoms with Gasteiger partial charge in [-0.2, -0.15) is 0 Å². The maximum absolute atomic E-state index is 13.1. The van der Waals surface area contributed by atoms with Gasteiger partial charge in [0.05, 0.1) is 25.4 Å². The number of oxazole rings is 1. The number of β-lactam (4-membered cyclic amide) rings is 1.